The lowest BCUT2D eigenvalue weighted by atomic mass is 10.1. The first-order chi connectivity index (χ1) is 10.2. The molecule has 0 aliphatic carbocycles. The Labute approximate surface area is 126 Å². The molecule has 2 aromatic carbocycles. The van der Waals surface area contributed by atoms with Crippen LogP contribution in [0.15, 0.2) is 54.7 Å². The number of carbonyl (C=O) groups is 1. The molecule has 3 aromatic rings. The summed E-state index contributed by atoms with van der Waals surface area (Å²) in [6, 6.07) is 14.9. The van der Waals surface area contributed by atoms with Crippen LogP contribution in [-0.2, 0) is 6.54 Å². The fraction of sp³-hybridized carbons (Fsp3) is 0.0625. The van der Waals surface area contributed by atoms with Crippen molar-refractivity contribution in [2.24, 2.45) is 0 Å². The SMILES string of the molecule is O=C(NO)c1ccc(Cn2ccc3cc(Cl)ccc32)cc1. The van der Waals surface area contributed by atoms with Gasteiger partial charge in [0.2, 0.25) is 0 Å². The van der Waals surface area contributed by atoms with Crippen molar-refractivity contribution in [1.82, 2.24) is 10.0 Å². The van der Waals surface area contributed by atoms with Crippen molar-refractivity contribution in [3.8, 4) is 0 Å². The summed E-state index contributed by atoms with van der Waals surface area (Å²) in [5.41, 5.74) is 4.22. The van der Waals surface area contributed by atoms with E-state index in [0.29, 0.717) is 12.1 Å². The van der Waals surface area contributed by atoms with Crippen LogP contribution in [0.2, 0.25) is 5.02 Å². The number of nitrogens with one attached hydrogen (secondary N) is 1. The van der Waals surface area contributed by atoms with Crippen LogP contribution in [0.1, 0.15) is 15.9 Å². The van der Waals surface area contributed by atoms with E-state index in [9.17, 15) is 4.79 Å². The Bertz CT molecular complexity index is 794. The fourth-order valence-electron chi connectivity index (χ4n) is 2.33. The first kappa shape index (κ1) is 13.7. The van der Waals surface area contributed by atoms with Crippen LogP contribution >= 0.6 is 11.6 Å². The summed E-state index contributed by atoms with van der Waals surface area (Å²) in [6.45, 7) is 0.701. The molecule has 5 heteroatoms. The van der Waals surface area contributed by atoms with Gasteiger partial charge in [-0.05, 0) is 42.0 Å². The second kappa shape index (κ2) is 5.60. The van der Waals surface area contributed by atoms with Crippen molar-refractivity contribution >= 4 is 28.4 Å². The molecule has 0 radical (unpaired) electrons. The topological polar surface area (TPSA) is 54.3 Å². The molecule has 106 valence electrons. The number of hydroxylamine groups is 1. The number of aromatic nitrogens is 1. The number of hydrogen-bond acceptors (Lipinski definition) is 2. The van der Waals surface area contributed by atoms with E-state index in [1.165, 1.54) is 0 Å². The summed E-state index contributed by atoms with van der Waals surface area (Å²) in [4.78, 5) is 11.3. The molecule has 1 aromatic heterocycles. The van der Waals surface area contributed by atoms with Crippen LogP contribution in [0.25, 0.3) is 10.9 Å². The maximum absolute atomic E-state index is 11.3. The van der Waals surface area contributed by atoms with Crippen LogP contribution in [0, 0.1) is 0 Å². The lowest BCUT2D eigenvalue weighted by molar-refractivity contribution is 0.0706. The fourth-order valence-corrected chi connectivity index (χ4v) is 2.51. The standard InChI is InChI=1S/C16H13ClN2O2/c17-14-5-6-15-13(9-14)7-8-19(15)10-11-1-3-12(4-2-11)16(20)18-21/h1-9,21H,10H2,(H,18,20). The molecule has 0 bridgehead atoms. The van der Waals surface area contributed by atoms with Gasteiger partial charge in [0.25, 0.3) is 5.91 Å². The van der Waals surface area contributed by atoms with Gasteiger partial charge in [0, 0.05) is 34.2 Å². The van der Waals surface area contributed by atoms with Crippen LogP contribution in [0.4, 0.5) is 0 Å². The van der Waals surface area contributed by atoms with E-state index in [4.69, 9.17) is 16.8 Å². The zero-order valence-electron chi connectivity index (χ0n) is 11.1. The Morgan fingerprint density at radius 2 is 1.90 bits per heavy atom. The molecule has 0 saturated carbocycles. The number of benzene rings is 2. The Balaban J connectivity index is 1.86. The van der Waals surface area contributed by atoms with Crippen LogP contribution in [0.5, 0.6) is 0 Å². The van der Waals surface area contributed by atoms with Crippen molar-refractivity contribution in [1.29, 1.82) is 0 Å². The van der Waals surface area contributed by atoms with Crippen LogP contribution < -0.4 is 5.48 Å². The van der Waals surface area contributed by atoms with E-state index in [2.05, 4.69) is 4.57 Å². The van der Waals surface area contributed by atoms with Crippen molar-refractivity contribution < 1.29 is 10.0 Å². The summed E-state index contributed by atoms with van der Waals surface area (Å²) in [6.07, 6.45) is 2.01. The number of nitrogens with zero attached hydrogens (tertiary/aromatic N) is 1. The van der Waals surface area contributed by atoms with Gasteiger partial charge >= 0.3 is 0 Å². The molecule has 0 atom stereocenters. The maximum atomic E-state index is 11.3. The molecule has 0 aliphatic rings. The normalized spacial score (nSPS) is 10.8. The molecule has 0 spiro atoms. The summed E-state index contributed by atoms with van der Waals surface area (Å²) in [5.74, 6) is -0.511. The van der Waals surface area contributed by atoms with Crippen molar-refractivity contribution in [3.63, 3.8) is 0 Å². The van der Waals surface area contributed by atoms with Gasteiger partial charge in [-0.1, -0.05) is 23.7 Å². The third-order valence-electron chi connectivity index (χ3n) is 3.40. The molecular weight excluding hydrogens is 288 g/mol. The minimum atomic E-state index is -0.511. The highest BCUT2D eigenvalue weighted by Crippen LogP contribution is 2.21. The summed E-state index contributed by atoms with van der Waals surface area (Å²) < 4.78 is 2.12. The first-order valence-corrected chi connectivity index (χ1v) is 6.83. The number of halogens is 1. The molecule has 2 N–H and O–H groups in total. The van der Waals surface area contributed by atoms with E-state index in [0.717, 1.165) is 21.5 Å². The average molecular weight is 301 g/mol. The Hall–Kier alpha value is -2.30. The molecule has 0 fully saturated rings. The van der Waals surface area contributed by atoms with E-state index >= 15 is 0 Å². The van der Waals surface area contributed by atoms with Gasteiger partial charge in [0.05, 0.1) is 0 Å². The van der Waals surface area contributed by atoms with Gasteiger partial charge in [-0.15, -0.1) is 0 Å². The molecule has 1 amide bonds. The van der Waals surface area contributed by atoms with Crippen molar-refractivity contribution in [2.45, 2.75) is 6.54 Å². The van der Waals surface area contributed by atoms with Gasteiger partial charge in [-0.2, -0.15) is 0 Å². The minimum absolute atomic E-state index is 0.422. The van der Waals surface area contributed by atoms with Gasteiger partial charge in [-0.3, -0.25) is 10.0 Å². The monoisotopic (exact) mass is 300 g/mol. The van der Waals surface area contributed by atoms with Gasteiger partial charge in [-0.25, -0.2) is 5.48 Å². The predicted octanol–water partition coefficient (Wildman–Crippen LogP) is 3.46. The van der Waals surface area contributed by atoms with Crippen LogP contribution in [-0.4, -0.2) is 15.7 Å². The molecule has 3 rings (SSSR count). The highest BCUT2D eigenvalue weighted by molar-refractivity contribution is 6.31. The van der Waals surface area contributed by atoms with Crippen molar-refractivity contribution in [2.75, 3.05) is 0 Å². The predicted molar refractivity (Wildman–Crippen MR) is 81.7 cm³/mol. The average Bonchev–Trinajstić information content (AvgIpc) is 2.89. The molecule has 0 aliphatic heterocycles. The Morgan fingerprint density at radius 1 is 1.14 bits per heavy atom. The van der Waals surface area contributed by atoms with E-state index < -0.39 is 5.91 Å². The third kappa shape index (κ3) is 2.77. The number of rotatable bonds is 3. The largest absolute Gasteiger partial charge is 0.343 e. The van der Waals surface area contributed by atoms with Crippen LogP contribution in [0.3, 0.4) is 0 Å². The molecule has 21 heavy (non-hydrogen) atoms. The Morgan fingerprint density at radius 3 is 2.62 bits per heavy atom. The zero-order chi connectivity index (χ0) is 14.8. The lowest BCUT2D eigenvalue weighted by Crippen LogP contribution is -2.18. The van der Waals surface area contributed by atoms with E-state index in [1.54, 1.807) is 17.6 Å². The highest BCUT2D eigenvalue weighted by atomic mass is 35.5. The molecule has 1 heterocycles. The van der Waals surface area contributed by atoms with Gasteiger partial charge in [0.1, 0.15) is 0 Å². The van der Waals surface area contributed by atoms with Crippen molar-refractivity contribution in [3.05, 3.63) is 70.9 Å². The number of amides is 1. The van der Waals surface area contributed by atoms with E-state index in [-0.39, 0.29) is 0 Å². The summed E-state index contributed by atoms with van der Waals surface area (Å²) in [5, 5.41) is 10.4. The molecular formula is C16H13ClN2O2. The first-order valence-electron chi connectivity index (χ1n) is 6.45. The lowest BCUT2D eigenvalue weighted by Gasteiger charge is -2.07. The molecule has 0 saturated heterocycles. The number of fused-ring (bicyclic) bond motifs is 1. The van der Waals surface area contributed by atoms with Gasteiger partial charge in [0.15, 0.2) is 0 Å². The number of carbonyl (C=O) groups excluding carboxylic acids is 1. The zero-order valence-corrected chi connectivity index (χ0v) is 11.8. The molecule has 4 nitrogen and oxygen atoms in total. The second-order valence-electron chi connectivity index (χ2n) is 4.78. The summed E-state index contributed by atoms with van der Waals surface area (Å²) >= 11 is 5.98. The second-order valence-corrected chi connectivity index (χ2v) is 5.22. The van der Waals surface area contributed by atoms with E-state index in [1.807, 2.05) is 42.6 Å². The number of hydrogen-bond donors (Lipinski definition) is 2. The minimum Gasteiger partial charge on any atom is -0.343 e. The Kier molecular flexibility index (Phi) is 3.64. The quantitative estimate of drug-likeness (QED) is 0.575. The maximum Gasteiger partial charge on any atom is 0.274 e. The smallest absolute Gasteiger partial charge is 0.274 e. The summed E-state index contributed by atoms with van der Waals surface area (Å²) in [7, 11) is 0. The molecule has 0 unspecified atom stereocenters. The van der Waals surface area contributed by atoms with Gasteiger partial charge < -0.3 is 4.57 Å². The third-order valence-corrected chi connectivity index (χ3v) is 3.64. The highest BCUT2D eigenvalue weighted by Gasteiger charge is 2.05.